The summed E-state index contributed by atoms with van der Waals surface area (Å²) in [6.07, 6.45) is 1.65. The SMILES string of the molecule is Cc1cc(OC[C@@H](C)N(C)C)cnc1Cl.Cc1ccc(S(=O)(=O)O)cc1. The molecule has 0 aliphatic rings. The van der Waals surface area contributed by atoms with Crippen LogP contribution in [0.1, 0.15) is 18.1 Å². The standard InChI is InChI=1S/C11H17ClN2O.C7H8O3S/c1-8-5-10(6-13-11(8)12)15-7-9(2)14(3)4;1-6-2-4-7(5-3-6)11(8,9)10/h5-6,9H,7H2,1-4H3;2-5H,1H3,(H,8,9,10)/t9-;/m1./s1. The molecule has 2 rings (SSSR count). The lowest BCUT2D eigenvalue weighted by atomic mass is 10.2. The number of pyridine rings is 1. The number of aromatic nitrogens is 1. The van der Waals surface area contributed by atoms with Crippen LogP contribution in [0.3, 0.4) is 0 Å². The van der Waals surface area contributed by atoms with Crippen molar-refractivity contribution in [3.63, 3.8) is 0 Å². The summed E-state index contributed by atoms with van der Waals surface area (Å²) in [5, 5.41) is 0.531. The molecule has 0 aliphatic carbocycles. The molecule has 1 aromatic carbocycles. The van der Waals surface area contributed by atoms with Gasteiger partial charge < -0.3 is 9.64 Å². The van der Waals surface area contributed by atoms with Gasteiger partial charge in [0.2, 0.25) is 0 Å². The van der Waals surface area contributed by atoms with E-state index in [1.54, 1.807) is 18.3 Å². The van der Waals surface area contributed by atoms with Gasteiger partial charge in [-0.2, -0.15) is 8.42 Å². The molecule has 0 saturated carbocycles. The van der Waals surface area contributed by atoms with Crippen LogP contribution in [-0.2, 0) is 10.1 Å². The van der Waals surface area contributed by atoms with Gasteiger partial charge in [-0.15, -0.1) is 0 Å². The topological polar surface area (TPSA) is 79.7 Å². The van der Waals surface area contributed by atoms with E-state index >= 15 is 0 Å². The number of likely N-dealkylation sites (N-methyl/N-ethyl adjacent to an activating group) is 1. The first-order valence-electron chi connectivity index (χ1n) is 7.96. The van der Waals surface area contributed by atoms with Crippen LogP contribution in [0.15, 0.2) is 41.4 Å². The van der Waals surface area contributed by atoms with Crippen LogP contribution in [-0.4, -0.2) is 49.6 Å². The Labute approximate surface area is 160 Å². The third-order valence-corrected chi connectivity index (χ3v) is 4.94. The molecule has 26 heavy (non-hydrogen) atoms. The van der Waals surface area contributed by atoms with Gasteiger partial charge in [-0.3, -0.25) is 4.55 Å². The maximum atomic E-state index is 10.5. The Morgan fingerprint density at radius 2 is 1.81 bits per heavy atom. The van der Waals surface area contributed by atoms with Gasteiger partial charge >= 0.3 is 0 Å². The molecule has 144 valence electrons. The van der Waals surface area contributed by atoms with Gasteiger partial charge in [0.1, 0.15) is 17.5 Å². The molecule has 1 heterocycles. The van der Waals surface area contributed by atoms with Crippen molar-refractivity contribution in [2.75, 3.05) is 20.7 Å². The van der Waals surface area contributed by atoms with Gasteiger partial charge in [0.25, 0.3) is 10.1 Å². The highest BCUT2D eigenvalue weighted by atomic mass is 35.5. The molecule has 8 heteroatoms. The first kappa shape index (κ1) is 22.4. The summed E-state index contributed by atoms with van der Waals surface area (Å²) in [4.78, 5) is 6.07. The second kappa shape index (κ2) is 9.87. The molecule has 0 radical (unpaired) electrons. The summed E-state index contributed by atoms with van der Waals surface area (Å²) in [7, 11) is 0.0348. The highest BCUT2D eigenvalue weighted by molar-refractivity contribution is 7.85. The molecule has 0 aliphatic heterocycles. The van der Waals surface area contributed by atoms with Crippen molar-refractivity contribution in [2.45, 2.75) is 31.7 Å². The molecule has 0 saturated heterocycles. The van der Waals surface area contributed by atoms with Gasteiger partial charge in [0, 0.05) is 6.04 Å². The number of halogens is 1. The molecule has 1 atom stereocenters. The Morgan fingerprint density at radius 1 is 1.23 bits per heavy atom. The summed E-state index contributed by atoms with van der Waals surface area (Å²) in [6.45, 7) is 6.51. The summed E-state index contributed by atoms with van der Waals surface area (Å²) in [6, 6.07) is 8.26. The average Bonchev–Trinajstić information content (AvgIpc) is 2.55. The van der Waals surface area contributed by atoms with Crippen molar-refractivity contribution in [2.24, 2.45) is 0 Å². The third-order valence-electron chi connectivity index (χ3n) is 3.68. The smallest absolute Gasteiger partial charge is 0.294 e. The summed E-state index contributed by atoms with van der Waals surface area (Å²) in [5.74, 6) is 0.769. The predicted molar refractivity (Wildman–Crippen MR) is 104 cm³/mol. The molecule has 0 fully saturated rings. The summed E-state index contributed by atoms with van der Waals surface area (Å²) < 4.78 is 35.2. The average molecular weight is 401 g/mol. The minimum Gasteiger partial charge on any atom is -0.490 e. The van der Waals surface area contributed by atoms with E-state index in [0.717, 1.165) is 16.9 Å². The van der Waals surface area contributed by atoms with Crippen LogP contribution < -0.4 is 4.74 Å². The Hall–Kier alpha value is -1.67. The van der Waals surface area contributed by atoms with E-state index < -0.39 is 10.1 Å². The molecule has 0 unspecified atom stereocenters. The molecule has 0 spiro atoms. The van der Waals surface area contributed by atoms with Crippen LogP contribution in [0, 0.1) is 13.8 Å². The highest BCUT2D eigenvalue weighted by Gasteiger charge is 2.07. The maximum Gasteiger partial charge on any atom is 0.294 e. The Morgan fingerprint density at radius 3 is 2.27 bits per heavy atom. The first-order valence-corrected chi connectivity index (χ1v) is 9.78. The van der Waals surface area contributed by atoms with E-state index in [9.17, 15) is 8.42 Å². The number of benzene rings is 1. The molecular weight excluding hydrogens is 376 g/mol. The second-order valence-electron chi connectivity index (χ2n) is 6.19. The quantitative estimate of drug-likeness (QED) is 0.610. The minimum atomic E-state index is -4.02. The van der Waals surface area contributed by atoms with Crippen molar-refractivity contribution in [3.8, 4) is 5.75 Å². The molecule has 6 nitrogen and oxygen atoms in total. The molecule has 0 amide bonds. The lowest BCUT2D eigenvalue weighted by Gasteiger charge is -2.19. The number of ether oxygens (including phenoxy) is 1. The van der Waals surface area contributed by atoms with E-state index in [0.29, 0.717) is 17.8 Å². The van der Waals surface area contributed by atoms with Crippen LogP contribution in [0.2, 0.25) is 5.15 Å². The lowest BCUT2D eigenvalue weighted by molar-refractivity contribution is 0.198. The summed E-state index contributed by atoms with van der Waals surface area (Å²) in [5.41, 5.74) is 1.89. The van der Waals surface area contributed by atoms with Gasteiger partial charge in [-0.25, -0.2) is 4.98 Å². The minimum absolute atomic E-state index is 0.0666. The Balaban J connectivity index is 0.000000273. The van der Waals surface area contributed by atoms with E-state index in [2.05, 4.69) is 16.8 Å². The third kappa shape index (κ3) is 7.70. The van der Waals surface area contributed by atoms with Gasteiger partial charge in [-0.05, 0) is 58.6 Å². The fourth-order valence-corrected chi connectivity index (χ4v) is 2.27. The maximum absolute atomic E-state index is 10.5. The Kier molecular flexibility index (Phi) is 8.49. The van der Waals surface area contributed by atoms with Crippen molar-refractivity contribution in [1.29, 1.82) is 0 Å². The fourth-order valence-electron chi connectivity index (χ4n) is 1.69. The van der Waals surface area contributed by atoms with Crippen LogP contribution in [0.25, 0.3) is 0 Å². The van der Waals surface area contributed by atoms with Crippen LogP contribution in [0.4, 0.5) is 0 Å². The summed E-state index contributed by atoms with van der Waals surface area (Å²) >= 11 is 5.82. The molecular formula is C18H25ClN2O4S. The van der Waals surface area contributed by atoms with Gasteiger partial charge in [0.15, 0.2) is 0 Å². The van der Waals surface area contributed by atoms with E-state index in [1.165, 1.54) is 12.1 Å². The Bertz CT molecular complexity index is 808. The molecule has 1 N–H and O–H groups in total. The largest absolute Gasteiger partial charge is 0.490 e. The highest BCUT2D eigenvalue weighted by Crippen LogP contribution is 2.18. The van der Waals surface area contributed by atoms with E-state index in [4.69, 9.17) is 20.9 Å². The van der Waals surface area contributed by atoms with Crippen molar-refractivity contribution >= 4 is 21.7 Å². The number of nitrogens with zero attached hydrogens (tertiary/aromatic N) is 2. The predicted octanol–water partition coefficient (Wildman–Crippen LogP) is 3.61. The zero-order valence-corrected chi connectivity index (χ0v) is 17.2. The lowest BCUT2D eigenvalue weighted by Crippen LogP contribution is -2.30. The van der Waals surface area contributed by atoms with Crippen LogP contribution in [0.5, 0.6) is 5.75 Å². The molecule has 1 aromatic heterocycles. The van der Waals surface area contributed by atoms with E-state index in [-0.39, 0.29) is 4.90 Å². The number of hydrogen-bond acceptors (Lipinski definition) is 5. The second-order valence-corrected chi connectivity index (χ2v) is 7.97. The fraction of sp³-hybridized carbons (Fsp3) is 0.389. The van der Waals surface area contributed by atoms with Crippen molar-refractivity contribution in [3.05, 3.63) is 52.8 Å². The number of rotatable bonds is 5. The van der Waals surface area contributed by atoms with Gasteiger partial charge in [0.05, 0.1) is 11.1 Å². The normalized spacial score (nSPS) is 12.3. The molecule has 0 bridgehead atoms. The van der Waals surface area contributed by atoms with Crippen LogP contribution >= 0.6 is 11.6 Å². The van der Waals surface area contributed by atoms with Crippen molar-refractivity contribution in [1.82, 2.24) is 9.88 Å². The van der Waals surface area contributed by atoms with Crippen molar-refractivity contribution < 1.29 is 17.7 Å². The monoisotopic (exact) mass is 400 g/mol. The number of aryl methyl sites for hydroxylation is 2. The van der Waals surface area contributed by atoms with Gasteiger partial charge in [-0.1, -0.05) is 29.3 Å². The zero-order valence-electron chi connectivity index (χ0n) is 15.6. The molecule has 2 aromatic rings. The van der Waals surface area contributed by atoms with E-state index in [1.807, 2.05) is 34.0 Å². The zero-order chi connectivity index (χ0) is 19.9. The first-order chi connectivity index (χ1) is 12.0. The number of hydrogen-bond donors (Lipinski definition) is 1.